The van der Waals surface area contributed by atoms with Gasteiger partial charge in [0.1, 0.15) is 0 Å². The van der Waals surface area contributed by atoms with Gasteiger partial charge in [0, 0.05) is 20.1 Å². The fraction of sp³-hybridized carbons (Fsp3) is 0.600. The topological polar surface area (TPSA) is 49.4 Å². The van der Waals surface area contributed by atoms with Gasteiger partial charge in [-0.3, -0.25) is 0 Å². The summed E-state index contributed by atoms with van der Waals surface area (Å²) in [5.41, 5.74) is 1.17. The average molecular weight is 298 g/mol. The van der Waals surface area contributed by atoms with Crippen LogP contribution in [0.4, 0.5) is 0 Å². The van der Waals surface area contributed by atoms with Gasteiger partial charge < -0.3 is 5.32 Å². The molecule has 1 aromatic carbocycles. The van der Waals surface area contributed by atoms with Gasteiger partial charge >= 0.3 is 0 Å². The van der Waals surface area contributed by atoms with Crippen LogP contribution in [0.5, 0.6) is 0 Å². The average Bonchev–Trinajstić information content (AvgIpc) is 2.39. The highest BCUT2D eigenvalue weighted by atomic mass is 32.2. The summed E-state index contributed by atoms with van der Waals surface area (Å²) in [6, 6.07) is 7.67. The second-order valence-electron chi connectivity index (χ2n) is 5.18. The molecular formula is C15H26N2O2S. The van der Waals surface area contributed by atoms with Gasteiger partial charge in [-0.25, -0.2) is 12.7 Å². The summed E-state index contributed by atoms with van der Waals surface area (Å²) in [5.74, 6) is 0. The number of likely N-dealkylation sites (N-methyl/N-ethyl adjacent to an activating group) is 1. The molecule has 0 aliphatic rings. The Kier molecular flexibility index (Phi) is 6.65. The normalized spacial score (nSPS) is 13.7. The van der Waals surface area contributed by atoms with Crippen LogP contribution in [0.25, 0.3) is 0 Å². The Morgan fingerprint density at radius 1 is 1.15 bits per heavy atom. The van der Waals surface area contributed by atoms with Crippen molar-refractivity contribution >= 4 is 10.0 Å². The first kappa shape index (κ1) is 17.1. The molecule has 4 nitrogen and oxygen atoms in total. The lowest BCUT2D eigenvalue weighted by atomic mass is 10.0. The molecule has 0 aliphatic carbocycles. The zero-order valence-corrected chi connectivity index (χ0v) is 13.7. The van der Waals surface area contributed by atoms with E-state index in [0.29, 0.717) is 10.9 Å². The number of sulfonamides is 1. The van der Waals surface area contributed by atoms with Gasteiger partial charge in [-0.2, -0.15) is 0 Å². The highest BCUT2D eigenvalue weighted by Gasteiger charge is 2.16. The van der Waals surface area contributed by atoms with Crippen molar-refractivity contribution in [2.24, 2.45) is 0 Å². The zero-order valence-electron chi connectivity index (χ0n) is 12.9. The number of hydrogen-bond donors (Lipinski definition) is 1. The number of rotatable bonds is 8. The van der Waals surface area contributed by atoms with Gasteiger partial charge in [0.25, 0.3) is 0 Å². The van der Waals surface area contributed by atoms with Crippen LogP contribution >= 0.6 is 0 Å². The Bertz CT molecular complexity index is 489. The van der Waals surface area contributed by atoms with E-state index in [1.807, 2.05) is 12.1 Å². The Labute approximate surface area is 123 Å². The molecule has 114 valence electrons. The maximum Gasteiger partial charge on any atom is 0.242 e. The van der Waals surface area contributed by atoms with E-state index in [0.717, 1.165) is 25.8 Å². The summed E-state index contributed by atoms with van der Waals surface area (Å²) < 4.78 is 25.2. The lowest BCUT2D eigenvalue weighted by Crippen LogP contribution is -2.30. The zero-order chi connectivity index (χ0) is 15.2. The molecule has 20 heavy (non-hydrogen) atoms. The summed E-state index contributed by atoms with van der Waals surface area (Å²) in [6.07, 6.45) is 3.21. The molecule has 0 fully saturated rings. The lowest BCUT2D eigenvalue weighted by molar-refractivity contribution is 0.485. The summed E-state index contributed by atoms with van der Waals surface area (Å²) in [4.78, 5) is 0.349. The van der Waals surface area contributed by atoms with E-state index in [9.17, 15) is 8.42 Å². The van der Waals surface area contributed by atoms with Crippen LogP contribution in [0.15, 0.2) is 29.2 Å². The van der Waals surface area contributed by atoms with Crippen molar-refractivity contribution in [3.8, 4) is 0 Å². The first-order chi connectivity index (χ1) is 9.41. The van der Waals surface area contributed by atoms with E-state index in [1.54, 1.807) is 26.2 Å². The minimum absolute atomic E-state index is 0.349. The van der Waals surface area contributed by atoms with Gasteiger partial charge in [-0.05, 0) is 37.1 Å². The number of hydrogen-bond acceptors (Lipinski definition) is 3. The maximum absolute atomic E-state index is 12.0. The van der Waals surface area contributed by atoms with E-state index in [2.05, 4.69) is 19.2 Å². The van der Waals surface area contributed by atoms with E-state index in [1.165, 1.54) is 9.87 Å². The molecule has 0 aliphatic heterocycles. The molecule has 1 atom stereocenters. The van der Waals surface area contributed by atoms with E-state index in [4.69, 9.17) is 0 Å². The molecule has 0 amide bonds. The van der Waals surface area contributed by atoms with Crippen LogP contribution in [0.1, 0.15) is 32.3 Å². The third-order valence-electron chi connectivity index (χ3n) is 3.31. The van der Waals surface area contributed by atoms with Crippen LogP contribution in [0, 0.1) is 0 Å². The van der Waals surface area contributed by atoms with Gasteiger partial charge in [-0.15, -0.1) is 0 Å². The van der Waals surface area contributed by atoms with Gasteiger partial charge in [-0.1, -0.05) is 32.4 Å². The Morgan fingerprint density at radius 3 is 2.20 bits per heavy atom. The largest absolute Gasteiger partial charge is 0.314 e. The molecule has 1 aromatic rings. The SMILES string of the molecule is CCCC(Cc1ccc(S(=O)(=O)N(C)C)cc1)NCC. The monoisotopic (exact) mass is 298 g/mol. The number of nitrogens with one attached hydrogen (secondary N) is 1. The highest BCUT2D eigenvalue weighted by Crippen LogP contribution is 2.15. The summed E-state index contributed by atoms with van der Waals surface area (Å²) in [7, 11) is -0.230. The summed E-state index contributed by atoms with van der Waals surface area (Å²) in [6.45, 7) is 5.24. The molecule has 1 N–H and O–H groups in total. The third-order valence-corrected chi connectivity index (χ3v) is 5.14. The smallest absolute Gasteiger partial charge is 0.242 e. The van der Waals surface area contributed by atoms with Crippen molar-refractivity contribution in [3.05, 3.63) is 29.8 Å². The first-order valence-electron chi connectivity index (χ1n) is 7.16. The molecule has 0 aromatic heterocycles. The van der Waals surface area contributed by atoms with E-state index < -0.39 is 10.0 Å². The van der Waals surface area contributed by atoms with Crippen molar-refractivity contribution in [1.82, 2.24) is 9.62 Å². The van der Waals surface area contributed by atoms with Crippen LogP contribution in [0.3, 0.4) is 0 Å². The van der Waals surface area contributed by atoms with Gasteiger partial charge in [0.2, 0.25) is 10.0 Å². The maximum atomic E-state index is 12.0. The standard InChI is InChI=1S/C15H26N2O2S/c1-5-7-14(16-6-2)12-13-8-10-15(11-9-13)20(18,19)17(3)4/h8-11,14,16H,5-7,12H2,1-4H3. The van der Waals surface area contributed by atoms with Crippen molar-refractivity contribution in [2.75, 3.05) is 20.6 Å². The minimum Gasteiger partial charge on any atom is -0.314 e. The number of nitrogens with zero attached hydrogens (tertiary/aromatic N) is 1. The highest BCUT2D eigenvalue weighted by molar-refractivity contribution is 7.89. The second kappa shape index (κ2) is 7.76. The Hall–Kier alpha value is -0.910. The van der Waals surface area contributed by atoms with Crippen LogP contribution in [-0.4, -0.2) is 39.4 Å². The predicted octanol–water partition coefficient (Wildman–Crippen LogP) is 2.26. The fourth-order valence-electron chi connectivity index (χ4n) is 2.21. The Morgan fingerprint density at radius 2 is 1.75 bits per heavy atom. The van der Waals surface area contributed by atoms with Crippen molar-refractivity contribution in [2.45, 2.75) is 44.0 Å². The van der Waals surface area contributed by atoms with Crippen LogP contribution in [0.2, 0.25) is 0 Å². The summed E-state index contributed by atoms with van der Waals surface area (Å²) in [5, 5.41) is 3.47. The van der Waals surface area contributed by atoms with Crippen molar-refractivity contribution in [1.29, 1.82) is 0 Å². The molecule has 1 rings (SSSR count). The second-order valence-corrected chi connectivity index (χ2v) is 7.33. The third kappa shape index (κ3) is 4.58. The van der Waals surface area contributed by atoms with Crippen LogP contribution in [-0.2, 0) is 16.4 Å². The molecule has 0 bridgehead atoms. The molecular weight excluding hydrogens is 272 g/mol. The van der Waals surface area contributed by atoms with E-state index in [-0.39, 0.29) is 0 Å². The molecule has 0 radical (unpaired) electrons. The molecule has 5 heteroatoms. The number of benzene rings is 1. The first-order valence-corrected chi connectivity index (χ1v) is 8.60. The van der Waals surface area contributed by atoms with Crippen molar-refractivity contribution < 1.29 is 8.42 Å². The van der Waals surface area contributed by atoms with Crippen molar-refractivity contribution in [3.63, 3.8) is 0 Å². The van der Waals surface area contributed by atoms with E-state index >= 15 is 0 Å². The van der Waals surface area contributed by atoms with Gasteiger partial charge in [0.05, 0.1) is 4.90 Å². The summed E-state index contributed by atoms with van der Waals surface area (Å²) >= 11 is 0. The Balaban J connectivity index is 2.81. The quantitative estimate of drug-likeness (QED) is 0.801. The predicted molar refractivity (Wildman–Crippen MR) is 83.4 cm³/mol. The molecule has 0 saturated carbocycles. The fourth-order valence-corrected chi connectivity index (χ4v) is 3.11. The molecule has 1 unspecified atom stereocenters. The molecule has 0 saturated heterocycles. The lowest BCUT2D eigenvalue weighted by Gasteiger charge is -2.17. The van der Waals surface area contributed by atoms with Gasteiger partial charge in [0.15, 0.2) is 0 Å². The molecule has 0 heterocycles. The van der Waals surface area contributed by atoms with Crippen LogP contribution < -0.4 is 5.32 Å². The minimum atomic E-state index is -3.32. The molecule has 0 spiro atoms.